The topological polar surface area (TPSA) is 37.4 Å². The second-order valence-corrected chi connectivity index (χ2v) is 2.95. The van der Waals surface area contributed by atoms with Crippen LogP contribution in [0.1, 0.15) is 10.4 Å². The van der Waals surface area contributed by atoms with Gasteiger partial charge >= 0.3 is 12.2 Å². The van der Waals surface area contributed by atoms with Crippen molar-refractivity contribution in [1.82, 2.24) is 0 Å². The Morgan fingerprint density at radius 2 is 1.67 bits per heavy atom. The van der Waals surface area contributed by atoms with E-state index in [1.807, 2.05) is 0 Å². The lowest BCUT2D eigenvalue weighted by atomic mass is 10.1. The minimum absolute atomic E-state index is 0.208. The second-order valence-electron chi connectivity index (χ2n) is 2.95. The number of carbonyl (C=O) groups is 2. The fourth-order valence-electron chi connectivity index (χ4n) is 1.44. The van der Waals surface area contributed by atoms with Crippen LogP contribution >= 0.6 is 0 Å². The Labute approximate surface area is 82.1 Å². The molecular formula is C9H4F3NO2. The molecule has 0 unspecified atom stereocenters. The predicted octanol–water partition coefficient (Wildman–Crippen LogP) is 1.74. The second kappa shape index (κ2) is 2.82. The monoisotopic (exact) mass is 215 g/mol. The predicted molar refractivity (Wildman–Crippen MR) is 44.3 cm³/mol. The van der Waals surface area contributed by atoms with Crippen LogP contribution in [-0.2, 0) is 4.79 Å². The third-order valence-electron chi connectivity index (χ3n) is 2.04. The number of carbonyl (C=O) groups excluding carboxylic acids is 2. The van der Waals surface area contributed by atoms with Gasteiger partial charge in [0, 0.05) is 0 Å². The molecule has 15 heavy (non-hydrogen) atoms. The van der Waals surface area contributed by atoms with E-state index in [9.17, 15) is 22.8 Å². The quantitative estimate of drug-likeness (QED) is 0.488. The lowest BCUT2D eigenvalue weighted by molar-refractivity contribution is -0.145. The molecule has 3 nitrogen and oxygen atoms in total. The molecule has 0 N–H and O–H groups in total. The molecule has 0 aromatic heterocycles. The fraction of sp³-hybridized carbons (Fsp3) is 0.111. The van der Waals surface area contributed by atoms with Gasteiger partial charge in [-0.3, -0.25) is 9.59 Å². The third-order valence-corrected chi connectivity index (χ3v) is 2.04. The van der Waals surface area contributed by atoms with Crippen molar-refractivity contribution in [2.24, 2.45) is 0 Å². The van der Waals surface area contributed by atoms with Gasteiger partial charge in [-0.1, -0.05) is 12.1 Å². The zero-order chi connectivity index (χ0) is 11.2. The van der Waals surface area contributed by atoms with Gasteiger partial charge in [0.15, 0.2) is 0 Å². The summed E-state index contributed by atoms with van der Waals surface area (Å²) in [5, 5.41) is 0. The lowest BCUT2D eigenvalue weighted by Crippen LogP contribution is -2.41. The van der Waals surface area contributed by atoms with E-state index >= 15 is 0 Å². The standard InChI is InChI=1S/C9H4F3NO2/c10-9(11,12)13-6-4-2-1-3-5(6)7(14)8(13)15/h1-4H. The highest BCUT2D eigenvalue weighted by Crippen LogP contribution is 2.36. The van der Waals surface area contributed by atoms with E-state index in [4.69, 9.17) is 0 Å². The van der Waals surface area contributed by atoms with Crippen LogP contribution in [0, 0.1) is 0 Å². The van der Waals surface area contributed by atoms with E-state index in [-0.39, 0.29) is 5.56 Å². The first-order valence-electron chi connectivity index (χ1n) is 3.97. The highest BCUT2D eigenvalue weighted by atomic mass is 19.4. The molecule has 1 aromatic carbocycles. The van der Waals surface area contributed by atoms with Crippen LogP contribution in [0.5, 0.6) is 0 Å². The van der Waals surface area contributed by atoms with Crippen LogP contribution in [0.2, 0.25) is 0 Å². The summed E-state index contributed by atoms with van der Waals surface area (Å²) in [4.78, 5) is 21.8. The van der Waals surface area contributed by atoms with Crippen LogP contribution in [-0.4, -0.2) is 18.0 Å². The number of anilines is 1. The van der Waals surface area contributed by atoms with E-state index < -0.39 is 28.6 Å². The average Bonchev–Trinajstić information content (AvgIpc) is 2.39. The highest BCUT2D eigenvalue weighted by molar-refractivity contribution is 6.52. The summed E-state index contributed by atoms with van der Waals surface area (Å²) in [6.07, 6.45) is -4.86. The number of amides is 1. The Balaban J connectivity index is 2.62. The Bertz CT molecular complexity index is 453. The Kier molecular flexibility index (Phi) is 1.82. The van der Waals surface area contributed by atoms with E-state index in [0.717, 1.165) is 6.07 Å². The summed E-state index contributed by atoms with van der Waals surface area (Å²) < 4.78 is 37.2. The largest absolute Gasteiger partial charge is 0.491 e. The lowest BCUT2D eigenvalue weighted by Gasteiger charge is -2.18. The smallest absolute Gasteiger partial charge is 0.283 e. The SMILES string of the molecule is O=C1C(=O)N(C(F)(F)F)c2ccccc21. The van der Waals surface area contributed by atoms with Crippen molar-refractivity contribution < 1.29 is 22.8 Å². The van der Waals surface area contributed by atoms with Gasteiger partial charge in [0.05, 0.1) is 11.3 Å². The summed E-state index contributed by atoms with van der Waals surface area (Å²) >= 11 is 0. The number of nitrogens with zero attached hydrogens (tertiary/aromatic N) is 1. The van der Waals surface area contributed by atoms with Crippen LogP contribution in [0.25, 0.3) is 0 Å². The molecule has 0 radical (unpaired) electrons. The number of Topliss-reactive ketones (excluding diaryl/α,β-unsaturated/α-hetero) is 1. The molecule has 1 heterocycles. The molecule has 1 amide bonds. The normalized spacial score (nSPS) is 15.8. The number of hydrogen-bond acceptors (Lipinski definition) is 2. The Morgan fingerprint density at radius 1 is 1.07 bits per heavy atom. The first-order chi connectivity index (χ1) is 6.93. The minimum atomic E-state index is -4.86. The van der Waals surface area contributed by atoms with Gasteiger partial charge in [-0.2, -0.15) is 0 Å². The molecule has 0 saturated heterocycles. The summed E-state index contributed by atoms with van der Waals surface area (Å²) in [7, 11) is 0. The molecular weight excluding hydrogens is 211 g/mol. The van der Waals surface area contributed by atoms with Crippen molar-refractivity contribution in [1.29, 1.82) is 0 Å². The van der Waals surface area contributed by atoms with Crippen LogP contribution in [0.15, 0.2) is 24.3 Å². The van der Waals surface area contributed by atoms with E-state index in [1.165, 1.54) is 18.2 Å². The fourth-order valence-corrected chi connectivity index (χ4v) is 1.44. The molecule has 1 aromatic rings. The molecule has 1 aliphatic heterocycles. The number of rotatable bonds is 0. The minimum Gasteiger partial charge on any atom is -0.283 e. The zero-order valence-electron chi connectivity index (χ0n) is 7.21. The highest BCUT2D eigenvalue weighted by Gasteiger charge is 2.50. The first-order valence-corrected chi connectivity index (χ1v) is 3.97. The van der Waals surface area contributed by atoms with Crippen molar-refractivity contribution in [3.8, 4) is 0 Å². The van der Waals surface area contributed by atoms with Crippen molar-refractivity contribution >= 4 is 17.4 Å². The first kappa shape index (κ1) is 9.70. The molecule has 0 aliphatic carbocycles. The molecule has 0 atom stereocenters. The van der Waals surface area contributed by atoms with Crippen LogP contribution in [0.3, 0.4) is 0 Å². The molecule has 0 spiro atoms. The van der Waals surface area contributed by atoms with E-state index in [2.05, 4.69) is 0 Å². The van der Waals surface area contributed by atoms with Gasteiger partial charge in [-0.25, -0.2) is 4.90 Å². The third kappa shape index (κ3) is 1.29. The van der Waals surface area contributed by atoms with Crippen molar-refractivity contribution in [3.05, 3.63) is 29.8 Å². The molecule has 1 aliphatic rings. The van der Waals surface area contributed by atoms with E-state index in [1.54, 1.807) is 0 Å². The van der Waals surface area contributed by atoms with Gasteiger partial charge in [0.2, 0.25) is 0 Å². The van der Waals surface area contributed by atoms with Crippen molar-refractivity contribution in [3.63, 3.8) is 0 Å². The summed E-state index contributed by atoms with van der Waals surface area (Å²) in [5.74, 6) is -2.67. The zero-order valence-corrected chi connectivity index (χ0v) is 7.21. The van der Waals surface area contributed by atoms with Crippen LogP contribution in [0.4, 0.5) is 18.9 Å². The number of fused-ring (bicyclic) bond motifs is 1. The van der Waals surface area contributed by atoms with Gasteiger partial charge < -0.3 is 0 Å². The van der Waals surface area contributed by atoms with Gasteiger partial charge in [0.25, 0.3) is 5.78 Å². The van der Waals surface area contributed by atoms with Crippen molar-refractivity contribution in [2.75, 3.05) is 4.90 Å². The molecule has 78 valence electrons. The number of hydrogen-bond donors (Lipinski definition) is 0. The van der Waals surface area contributed by atoms with Gasteiger partial charge in [-0.15, -0.1) is 13.2 Å². The maximum atomic E-state index is 12.4. The number of benzene rings is 1. The number of ketones is 1. The van der Waals surface area contributed by atoms with Gasteiger partial charge in [-0.05, 0) is 12.1 Å². The van der Waals surface area contributed by atoms with Gasteiger partial charge in [0.1, 0.15) is 0 Å². The molecule has 0 saturated carbocycles. The van der Waals surface area contributed by atoms with E-state index in [0.29, 0.717) is 0 Å². The summed E-state index contributed by atoms with van der Waals surface area (Å²) in [6, 6.07) is 5.03. The van der Waals surface area contributed by atoms with Crippen molar-refractivity contribution in [2.45, 2.75) is 6.30 Å². The number of alkyl halides is 3. The maximum Gasteiger partial charge on any atom is 0.491 e. The Morgan fingerprint density at radius 3 is 2.27 bits per heavy atom. The average molecular weight is 215 g/mol. The Hall–Kier alpha value is -1.85. The number of para-hydroxylation sites is 1. The molecule has 6 heteroatoms. The molecule has 0 bridgehead atoms. The molecule has 0 fully saturated rings. The summed E-state index contributed by atoms with van der Waals surface area (Å²) in [5.41, 5.74) is -0.611. The maximum absolute atomic E-state index is 12.4. The van der Waals surface area contributed by atoms with Crippen LogP contribution < -0.4 is 4.90 Å². The summed E-state index contributed by atoms with van der Waals surface area (Å²) in [6.45, 7) is 0. The number of halogens is 3. The molecule has 2 rings (SSSR count).